The van der Waals surface area contributed by atoms with Gasteiger partial charge in [0.1, 0.15) is 30.1 Å². The molecule has 2 aromatic heterocycles. The fourth-order valence-electron chi connectivity index (χ4n) is 3.42. The maximum Gasteiger partial charge on any atom is 0.319 e. The number of urea groups is 1. The van der Waals surface area contributed by atoms with Crippen LogP contribution in [-0.4, -0.2) is 40.0 Å². The minimum absolute atomic E-state index is 0.0897. The van der Waals surface area contributed by atoms with Crippen molar-refractivity contribution in [2.45, 2.75) is 19.1 Å². The lowest BCUT2D eigenvalue weighted by Crippen LogP contribution is -2.33. The van der Waals surface area contributed by atoms with Gasteiger partial charge in [-0.25, -0.2) is 9.78 Å². The summed E-state index contributed by atoms with van der Waals surface area (Å²) < 4.78 is 16.2. The van der Waals surface area contributed by atoms with Crippen LogP contribution in [-0.2, 0) is 6.61 Å². The van der Waals surface area contributed by atoms with Crippen LogP contribution < -0.4 is 20.1 Å². The maximum absolute atomic E-state index is 12.9. The number of methoxy groups -OCH3 is 1. The van der Waals surface area contributed by atoms with E-state index < -0.39 is 12.1 Å². The number of nitrogens with zero attached hydrogens (tertiary/aromatic N) is 2. The maximum atomic E-state index is 12.9. The number of ether oxygens (including phenoxy) is 2. The normalized spacial score (nSPS) is 11.6. The van der Waals surface area contributed by atoms with E-state index >= 15 is 0 Å². The Bertz CT molecular complexity index is 1190. The molecule has 176 valence electrons. The number of nitrogens with one attached hydrogen (secondary N) is 3. The quantitative estimate of drug-likeness (QED) is 0.280. The molecule has 0 fully saturated rings. The van der Waals surface area contributed by atoms with E-state index in [2.05, 4.69) is 25.8 Å². The van der Waals surface area contributed by atoms with E-state index in [1.807, 2.05) is 36.4 Å². The van der Waals surface area contributed by atoms with E-state index in [-0.39, 0.29) is 13.2 Å². The molecule has 34 heavy (non-hydrogen) atoms. The van der Waals surface area contributed by atoms with E-state index in [1.165, 1.54) is 12.7 Å². The molecule has 0 radical (unpaired) electrons. The standard InChI is InChI=1S/C24H25N5O5/c1-32-20-4-2-3-17(9-20)21(7-8-30)28-24(31)29-22-6-5-16(18-11-26-27-12-18)10-23(22)34-14-19-13-33-15-25-19/h2-6,9-13,15,21,30H,7-8,14H2,1H3,(H,26,27)(H2,28,29,31). The number of hydrogen-bond acceptors (Lipinski definition) is 7. The van der Waals surface area contributed by atoms with Crippen molar-refractivity contribution in [2.75, 3.05) is 19.0 Å². The number of benzene rings is 2. The smallest absolute Gasteiger partial charge is 0.319 e. The molecule has 1 atom stereocenters. The van der Waals surface area contributed by atoms with Gasteiger partial charge in [-0.1, -0.05) is 18.2 Å². The molecule has 0 saturated heterocycles. The number of amides is 2. The van der Waals surface area contributed by atoms with Crippen LogP contribution in [0.4, 0.5) is 10.5 Å². The first-order chi connectivity index (χ1) is 16.7. The van der Waals surface area contributed by atoms with Crippen LogP contribution in [0.25, 0.3) is 11.1 Å². The lowest BCUT2D eigenvalue weighted by Gasteiger charge is -2.20. The predicted octanol–water partition coefficient (Wildman–Crippen LogP) is 3.90. The van der Waals surface area contributed by atoms with E-state index in [0.29, 0.717) is 29.3 Å². The van der Waals surface area contributed by atoms with Gasteiger partial charge in [0.2, 0.25) is 0 Å². The van der Waals surface area contributed by atoms with E-state index in [4.69, 9.17) is 13.9 Å². The van der Waals surface area contributed by atoms with Gasteiger partial charge in [0.25, 0.3) is 0 Å². The molecule has 1 unspecified atom stereocenters. The third-order valence-electron chi connectivity index (χ3n) is 5.14. The van der Waals surface area contributed by atoms with Crippen LogP contribution in [0.2, 0.25) is 0 Å². The molecule has 2 heterocycles. The van der Waals surface area contributed by atoms with Crippen molar-refractivity contribution in [1.82, 2.24) is 20.5 Å². The summed E-state index contributed by atoms with van der Waals surface area (Å²) >= 11 is 0. The third kappa shape index (κ3) is 5.73. The Morgan fingerprint density at radius 1 is 1.24 bits per heavy atom. The number of carbonyl (C=O) groups excluding carboxylic acids is 1. The molecular weight excluding hydrogens is 438 g/mol. The number of oxazole rings is 1. The van der Waals surface area contributed by atoms with Gasteiger partial charge in [0, 0.05) is 18.4 Å². The highest BCUT2D eigenvalue weighted by molar-refractivity contribution is 5.91. The summed E-state index contributed by atoms with van der Waals surface area (Å²) in [6.45, 7) is 0.0756. The van der Waals surface area contributed by atoms with E-state index in [0.717, 1.165) is 16.7 Å². The molecule has 0 aliphatic carbocycles. The molecule has 0 saturated carbocycles. The Morgan fingerprint density at radius 2 is 2.15 bits per heavy atom. The highest BCUT2D eigenvalue weighted by atomic mass is 16.5. The zero-order chi connectivity index (χ0) is 23.8. The fourth-order valence-corrected chi connectivity index (χ4v) is 3.42. The largest absolute Gasteiger partial charge is 0.497 e. The van der Waals surface area contributed by atoms with Gasteiger partial charge < -0.3 is 29.6 Å². The average Bonchev–Trinajstić information content (AvgIpc) is 3.58. The Hall–Kier alpha value is -4.31. The first kappa shape index (κ1) is 22.9. The molecule has 0 aliphatic rings. The van der Waals surface area contributed by atoms with Gasteiger partial charge in [0.15, 0.2) is 6.39 Å². The van der Waals surface area contributed by atoms with Gasteiger partial charge in [0.05, 0.1) is 25.0 Å². The molecule has 0 bridgehead atoms. The third-order valence-corrected chi connectivity index (χ3v) is 5.14. The number of aromatic amines is 1. The summed E-state index contributed by atoms with van der Waals surface area (Å²) in [4.78, 5) is 17.0. The number of H-pyrrole nitrogens is 1. The number of hydrogen-bond donors (Lipinski definition) is 4. The number of aliphatic hydroxyl groups is 1. The summed E-state index contributed by atoms with van der Waals surface area (Å²) in [7, 11) is 1.58. The second-order valence-electron chi connectivity index (χ2n) is 7.41. The number of carbonyl (C=O) groups is 1. The van der Waals surface area contributed by atoms with Gasteiger partial charge in [-0.15, -0.1) is 0 Å². The van der Waals surface area contributed by atoms with Gasteiger partial charge in [-0.2, -0.15) is 5.10 Å². The van der Waals surface area contributed by atoms with E-state index in [1.54, 1.807) is 25.6 Å². The molecule has 2 aromatic carbocycles. The Morgan fingerprint density at radius 3 is 2.88 bits per heavy atom. The molecule has 2 amide bonds. The van der Waals surface area contributed by atoms with Crippen LogP contribution in [0.3, 0.4) is 0 Å². The number of aliphatic hydroxyl groups excluding tert-OH is 1. The summed E-state index contributed by atoms with van der Waals surface area (Å²) in [5, 5.41) is 22.0. The minimum atomic E-state index is -0.441. The van der Waals surface area contributed by atoms with Gasteiger partial charge in [-0.05, 0) is 41.8 Å². The molecule has 10 nitrogen and oxygen atoms in total. The fraction of sp³-hybridized carbons (Fsp3) is 0.208. The van der Waals surface area contributed by atoms with Gasteiger partial charge >= 0.3 is 6.03 Å². The highest BCUT2D eigenvalue weighted by Gasteiger charge is 2.17. The van der Waals surface area contributed by atoms with Crippen molar-refractivity contribution in [3.63, 3.8) is 0 Å². The number of anilines is 1. The summed E-state index contributed by atoms with van der Waals surface area (Å²) in [5.74, 6) is 1.12. The van der Waals surface area contributed by atoms with Crippen LogP contribution >= 0.6 is 0 Å². The van der Waals surface area contributed by atoms with Gasteiger partial charge in [-0.3, -0.25) is 5.10 Å². The Balaban J connectivity index is 1.52. The molecule has 4 aromatic rings. The second kappa shape index (κ2) is 11.0. The summed E-state index contributed by atoms with van der Waals surface area (Å²) in [6, 6.07) is 11.9. The zero-order valence-corrected chi connectivity index (χ0v) is 18.5. The van der Waals surface area contributed by atoms with Crippen molar-refractivity contribution < 1.29 is 23.8 Å². The van der Waals surface area contributed by atoms with E-state index in [9.17, 15) is 9.90 Å². The molecule has 4 N–H and O–H groups in total. The van der Waals surface area contributed by atoms with Crippen molar-refractivity contribution in [3.8, 4) is 22.6 Å². The molecule has 4 rings (SSSR count). The Labute approximate surface area is 195 Å². The van der Waals surface area contributed by atoms with Crippen molar-refractivity contribution in [2.24, 2.45) is 0 Å². The van der Waals surface area contributed by atoms with Crippen molar-refractivity contribution in [1.29, 1.82) is 0 Å². The van der Waals surface area contributed by atoms with Crippen LogP contribution in [0.5, 0.6) is 11.5 Å². The number of rotatable bonds is 10. The topological polar surface area (TPSA) is 135 Å². The molecule has 10 heteroatoms. The summed E-state index contributed by atoms with van der Waals surface area (Å²) in [5.41, 5.74) is 3.65. The summed E-state index contributed by atoms with van der Waals surface area (Å²) in [6.07, 6.45) is 6.63. The van der Waals surface area contributed by atoms with Crippen molar-refractivity contribution in [3.05, 3.63) is 78.8 Å². The molecule has 0 spiro atoms. The lowest BCUT2D eigenvalue weighted by atomic mass is 10.0. The van der Waals surface area contributed by atoms with Crippen molar-refractivity contribution >= 4 is 11.7 Å². The number of aromatic nitrogens is 3. The monoisotopic (exact) mass is 463 g/mol. The Kier molecular flexibility index (Phi) is 7.41. The van der Waals surface area contributed by atoms with Crippen LogP contribution in [0, 0.1) is 0 Å². The second-order valence-corrected chi connectivity index (χ2v) is 7.41. The predicted molar refractivity (Wildman–Crippen MR) is 124 cm³/mol. The average molecular weight is 463 g/mol. The SMILES string of the molecule is COc1cccc(C(CCO)NC(=O)Nc2ccc(-c3cn[nH]c3)cc2OCc2cocn2)c1. The molecule has 0 aliphatic heterocycles. The molecular formula is C24H25N5O5. The minimum Gasteiger partial charge on any atom is -0.497 e. The highest BCUT2D eigenvalue weighted by Crippen LogP contribution is 2.31. The lowest BCUT2D eigenvalue weighted by molar-refractivity contribution is 0.238. The van der Waals surface area contributed by atoms with Crippen LogP contribution in [0.1, 0.15) is 23.7 Å². The first-order valence-corrected chi connectivity index (χ1v) is 10.6. The zero-order valence-electron chi connectivity index (χ0n) is 18.5. The first-order valence-electron chi connectivity index (χ1n) is 10.6. The van der Waals surface area contributed by atoms with Crippen LogP contribution in [0.15, 0.2) is 71.9 Å².